The minimum atomic E-state index is -0.451. The molecule has 1 rings (SSSR count). The van der Waals surface area contributed by atoms with Gasteiger partial charge in [0.15, 0.2) is 0 Å². The number of benzene rings is 1. The zero-order chi connectivity index (χ0) is 17.0. The summed E-state index contributed by atoms with van der Waals surface area (Å²) in [6.45, 7) is 9.32. The highest BCUT2D eigenvalue weighted by Gasteiger charge is 2.15. The maximum Gasteiger partial charge on any atom is 0.407 e. The first-order valence-corrected chi connectivity index (χ1v) is 8.26. The molecule has 0 radical (unpaired) electrons. The molecule has 0 spiro atoms. The van der Waals surface area contributed by atoms with E-state index in [0.717, 1.165) is 32.5 Å². The number of rotatable bonds is 10. The Morgan fingerprint density at radius 1 is 1.04 bits per heavy atom. The lowest BCUT2D eigenvalue weighted by molar-refractivity contribution is 0.0520. The molecule has 0 fully saturated rings. The van der Waals surface area contributed by atoms with E-state index in [-0.39, 0.29) is 6.09 Å². The largest absolute Gasteiger partial charge is 0.444 e. The van der Waals surface area contributed by atoms with Crippen molar-refractivity contribution in [3.8, 4) is 0 Å². The number of hydrogen-bond donors (Lipinski definition) is 2. The number of carbonyl (C=O) groups is 1. The Hall–Kier alpha value is -1.59. The van der Waals surface area contributed by atoms with Gasteiger partial charge in [-0.25, -0.2) is 4.79 Å². The minimum Gasteiger partial charge on any atom is -0.444 e. The third kappa shape index (κ3) is 11.6. The molecule has 0 aliphatic carbocycles. The van der Waals surface area contributed by atoms with Gasteiger partial charge in [0.05, 0.1) is 0 Å². The SMILES string of the molecule is CC(C)(C)OC(=O)NCCCOCCCNCc1ccccc1. The standard InChI is InChI=1S/C18H30N2O3/c1-18(2,3)23-17(21)20-12-8-14-22-13-7-11-19-15-16-9-5-4-6-10-16/h4-6,9-10,19H,7-8,11-15H2,1-3H3,(H,20,21). The van der Waals surface area contributed by atoms with Crippen LogP contribution in [0.4, 0.5) is 4.79 Å². The molecular weight excluding hydrogens is 292 g/mol. The maximum absolute atomic E-state index is 11.4. The van der Waals surface area contributed by atoms with Crippen LogP contribution in [-0.2, 0) is 16.0 Å². The predicted molar refractivity (Wildman–Crippen MR) is 92.4 cm³/mol. The van der Waals surface area contributed by atoms with Crippen LogP contribution in [0.5, 0.6) is 0 Å². The molecule has 5 nitrogen and oxygen atoms in total. The molecule has 2 N–H and O–H groups in total. The molecular formula is C18H30N2O3. The van der Waals surface area contributed by atoms with Gasteiger partial charge in [-0.05, 0) is 45.7 Å². The maximum atomic E-state index is 11.4. The molecule has 0 atom stereocenters. The Morgan fingerprint density at radius 2 is 1.70 bits per heavy atom. The Bertz CT molecular complexity index is 430. The molecule has 5 heteroatoms. The van der Waals surface area contributed by atoms with Crippen molar-refractivity contribution in [3.05, 3.63) is 35.9 Å². The molecule has 0 unspecified atom stereocenters. The summed E-state index contributed by atoms with van der Waals surface area (Å²) >= 11 is 0. The molecule has 0 saturated heterocycles. The highest BCUT2D eigenvalue weighted by atomic mass is 16.6. The fourth-order valence-corrected chi connectivity index (χ4v) is 1.91. The van der Waals surface area contributed by atoms with Crippen molar-refractivity contribution in [1.29, 1.82) is 0 Å². The van der Waals surface area contributed by atoms with E-state index in [1.807, 2.05) is 39.0 Å². The van der Waals surface area contributed by atoms with E-state index in [0.29, 0.717) is 13.2 Å². The fourth-order valence-electron chi connectivity index (χ4n) is 1.91. The second kappa shape index (κ2) is 11.0. The first-order valence-electron chi connectivity index (χ1n) is 8.26. The first-order chi connectivity index (χ1) is 11.0. The lowest BCUT2D eigenvalue weighted by atomic mass is 10.2. The van der Waals surface area contributed by atoms with Crippen LogP contribution >= 0.6 is 0 Å². The van der Waals surface area contributed by atoms with E-state index in [9.17, 15) is 4.79 Å². The summed E-state index contributed by atoms with van der Waals surface area (Å²) in [4.78, 5) is 11.4. The molecule has 1 aromatic carbocycles. The number of carbonyl (C=O) groups excluding carboxylic acids is 1. The van der Waals surface area contributed by atoms with Crippen molar-refractivity contribution in [2.24, 2.45) is 0 Å². The smallest absolute Gasteiger partial charge is 0.407 e. The number of ether oxygens (including phenoxy) is 2. The predicted octanol–water partition coefficient (Wildman–Crippen LogP) is 3.10. The van der Waals surface area contributed by atoms with Crippen LogP contribution in [0.15, 0.2) is 30.3 Å². The molecule has 1 amide bonds. The monoisotopic (exact) mass is 322 g/mol. The quantitative estimate of drug-likeness (QED) is 0.650. The molecule has 0 aliphatic rings. The van der Waals surface area contributed by atoms with Crippen LogP contribution in [0.2, 0.25) is 0 Å². The minimum absolute atomic E-state index is 0.373. The Kier molecular flexibility index (Phi) is 9.33. The highest BCUT2D eigenvalue weighted by Crippen LogP contribution is 2.06. The highest BCUT2D eigenvalue weighted by molar-refractivity contribution is 5.67. The van der Waals surface area contributed by atoms with Gasteiger partial charge < -0.3 is 20.1 Å². The molecule has 130 valence electrons. The summed E-state index contributed by atoms with van der Waals surface area (Å²) in [5.74, 6) is 0. The summed E-state index contributed by atoms with van der Waals surface area (Å²) in [7, 11) is 0. The second-order valence-electron chi connectivity index (χ2n) is 6.41. The summed E-state index contributed by atoms with van der Waals surface area (Å²) in [5, 5.41) is 6.10. The molecule has 0 saturated carbocycles. The Labute approximate surface area is 139 Å². The van der Waals surface area contributed by atoms with Crippen molar-refractivity contribution in [1.82, 2.24) is 10.6 Å². The number of amides is 1. The van der Waals surface area contributed by atoms with Gasteiger partial charge in [-0.15, -0.1) is 0 Å². The summed E-state index contributed by atoms with van der Waals surface area (Å²) < 4.78 is 10.7. The van der Waals surface area contributed by atoms with Gasteiger partial charge in [-0.2, -0.15) is 0 Å². The number of hydrogen-bond acceptors (Lipinski definition) is 4. The van der Waals surface area contributed by atoms with Crippen LogP contribution in [0.25, 0.3) is 0 Å². The van der Waals surface area contributed by atoms with E-state index in [2.05, 4.69) is 22.8 Å². The van der Waals surface area contributed by atoms with Crippen LogP contribution in [0.1, 0.15) is 39.2 Å². The van der Waals surface area contributed by atoms with Gasteiger partial charge in [-0.1, -0.05) is 30.3 Å². The van der Waals surface area contributed by atoms with Gasteiger partial charge in [0.1, 0.15) is 5.60 Å². The zero-order valence-electron chi connectivity index (χ0n) is 14.6. The Balaban J connectivity index is 1.86. The van der Waals surface area contributed by atoms with Gasteiger partial charge in [0.2, 0.25) is 0 Å². The fraction of sp³-hybridized carbons (Fsp3) is 0.611. The van der Waals surface area contributed by atoms with Gasteiger partial charge in [-0.3, -0.25) is 0 Å². The second-order valence-corrected chi connectivity index (χ2v) is 6.41. The van der Waals surface area contributed by atoms with Crippen molar-refractivity contribution >= 4 is 6.09 Å². The number of alkyl carbamates (subject to hydrolysis) is 1. The molecule has 0 aromatic heterocycles. The molecule has 0 aliphatic heterocycles. The van der Waals surface area contributed by atoms with E-state index in [1.165, 1.54) is 5.56 Å². The van der Waals surface area contributed by atoms with Crippen LogP contribution < -0.4 is 10.6 Å². The van der Waals surface area contributed by atoms with E-state index < -0.39 is 5.60 Å². The van der Waals surface area contributed by atoms with Crippen LogP contribution in [0, 0.1) is 0 Å². The van der Waals surface area contributed by atoms with Crippen molar-refractivity contribution in [3.63, 3.8) is 0 Å². The summed E-state index contributed by atoms with van der Waals surface area (Å²) in [6.07, 6.45) is 1.39. The lowest BCUT2D eigenvalue weighted by Gasteiger charge is -2.19. The van der Waals surface area contributed by atoms with Crippen molar-refractivity contribution in [2.45, 2.75) is 45.8 Å². The van der Waals surface area contributed by atoms with Crippen LogP contribution in [-0.4, -0.2) is 38.0 Å². The van der Waals surface area contributed by atoms with Crippen LogP contribution in [0.3, 0.4) is 0 Å². The molecule has 0 bridgehead atoms. The van der Waals surface area contributed by atoms with E-state index in [1.54, 1.807) is 0 Å². The normalized spacial score (nSPS) is 11.3. The molecule has 0 heterocycles. The lowest BCUT2D eigenvalue weighted by Crippen LogP contribution is -2.33. The average molecular weight is 322 g/mol. The number of nitrogens with one attached hydrogen (secondary N) is 2. The summed E-state index contributed by atoms with van der Waals surface area (Å²) in [5.41, 5.74) is 0.842. The van der Waals surface area contributed by atoms with Crippen molar-refractivity contribution < 1.29 is 14.3 Å². The molecule has 23 heavy (non-hydrogen) atoms. The van der Waals surface area contributed by atoms with Gasteiger partial charge >= 0.3 is 6.09 Å². The Morgan fingerprint density at radius 3 is 2.35 bits per heavy atom. The van der Waals surface area contributed by atoms with Gasteiger partial charge in [0, 0.05) is 26.3 Å². The van der Waals surface area contributed by atoms with E-state index in [4.69, 9.17) is 9.47 Å². The summed E-state index contributed by atoms with van der Waals surface area (Å²) in [6, 6.07) is 10.3. The van der Waals surface area contributed by atoms with E-state index >= 15 is 0 Å². The first kappa shape index (κ1) is 19.5. The zero-order valence-corrected chi connectivity index (χ0v) is 14.6. The third-order valence-electron chi connectivity index (χ3n) is 2.95. The van der Waals surface area contributed by atoms with Crippen molar-refractivity contribution in [2.75, 3.05) is 26.3 Å². The molecule has 1 aromatic rings. The topological polar surface area (TPSA) is 59.6 Å². The van der Waals surface area contributed by atoms with Gasteiger partial charge in [0.25, 0.3) is 0 Å². The average Bonchev–Trinajstić information content (AvgIpc) is 2.48. The third-order valence-corrected chi connectivity index (χ3v) is 2.95.